The zero-order valence-corrected chi connectivity index (χ0v) is 28.7. The molecule has 0 aliphatic heterocycles. The van der Waals surface area contributed by atoms with E-state index in [1.807, 2.05) is 30.3 Å². The second kappa shape index (κ2) is 11.7. The van der Waals surface area contributed by atoms with Gasteiger partial charge in [0.1, 0.15) is 0 Å². The maximum absolute atomic E-state index is 5.13. The number of aromatic nitrogens is 3. The van der Waals surface area contributed by atoms with E-state index in [1.54, 1.807) is 0 Å². The standard InChI is InChI=1S/C50H31N3/c1-3-11-32(12-4-1)33-21-25-35(26-22-33)39-15-9-17-42-43-18-10-16-41-40-30-29-38(31-46(40)53(49(39)42)50(41)43)34-23-27-37(28-24-34)48-47(36-13-5-2-6-14-36)51-44-19-7-8-20-45(44)52-48/h1-31H. The largest absolute Gasteiger partial charge is 0.307 e. The van der Waals surface area contributed by atoms with Crippen LogP contribution in [-0.2, 0) is 0 Å². The lowest BCUT2D eigenvalue weighted by Gasteiger charge is -2.11. The van der Waals surface area contributed by atoms with Crippen molar-refractivity contribution in [2.24, 2.45) is 0 Å². The molecule has 0 aliphatic carbocycles. The minimum absolute atomic E-state index is 0.886. The van der Waals surface area contributed by atoms with Crippen LogP contribution in [0.5, 0.6) is 0 Å². The van der Waals surface area contributed by atoms with Gasteiger partial charge in [-0.15, -0.1) is 0 Å². The first-order valence-corrected chi connectivity index (χ1v) is 18.1. The molecule has 3 nitrogen and oxygen atoms in total. The maximum Gasteiger partial charge on any atom is 0.0973 e. The minimum atomic E-state index is 0.886. The lowest BCUT2D eigenvalue weighted by molar-refractivity contribution is 1.29. The fraction of sp³-hybridized carbons (Fsp3) is 0. The summed E-state index contributed by atoms with van der Waals surface area (Å²) < 4.78 is 2.50. The molecule has 3 heteroatoms. The monoisotopic (exact) mass is 673 g/mol. The summed E-state index contributed by atoms with van der Waals surface area (Å²) in [6.45, 7) is 0. The van der Waals surface area contributed by atoms with Crippen LogP contribution in [-0.4, -0.2) is 14.4 Å². The molecule has 3 heterocycles. The Balaban J connectivity index is 1.06. The molecule has 0 bridgehead atoms. The van der Waals surface area contributed by atoms with E-state index in [-0.39, 0.29) is 0 Å². The van der Waals surface area contributed by atoms with Gasteiger partial charge in [-0.05, 0) is 46.0 Å². The Kier molecular flexibility index (Phi) is 6.55. The summed E-state index contributed by atoms with van der Waals surface area (Å²) in [4.78, 5) is 10.2. The molecule has 246 valence electrons. The Morgan fingerprint density at radius 3 is 1.42 bits per heavy atom. The van der Waals surface area contributed by atoms with Crippen molar-refractivity contribution in [2.75, 3.05) is 0 Å². The molecule has 11 rings (SSSR count). The molecular weight excluding hydrogens is 643 g/mol. The second-order valence-corrected chi connectivity index (χ2v) is 13.8. The van der Waals surface area contributed by atoms with Gasteiger partial charge in [0.05, 0.1) is 39.0 Å². The first kappa shape index (κ1) is 29.6. The van der Waals surface area contributed by atoms with Crippen LogP contribution in [0.15, 0.2) is 188 Å². The average Bonchev–Trinajstić information content (AvgIpc) is 3.76. The molecule has 8 aromatic carbocycles. The van der Waals surface area contributed by atoms with Gasteiger partial charge < -0.3 is 4.40 Å². The molecule has 0 saturated heterocycles. The highest BCUT2D eigenvalue weighted by Gasteiger charge is 2.20. The van der Waals surface area contributed by atoms with E-state index in [4.69, 9.17) is 9.97 Å². The molecular formula is C50H31N3. The van der Waals surface area contributed by atoms with Crippen LogP contribution in [0, 0.1) is 0 Å². The number of nitrogens with zero attached hydrogens (tertiary/aromatic N) is 3. The molecule has 3 aromatic heterocycles. The summed E-state index contributed by atoms with van der Waals surface area (Å²) in [5, 5.41) is 5.11. The number of hydrogen-bond donors (Lipinski definition) is 0. The Labute approximate surface area is 306 Å². The molecule has 0 amide bonds. The van der Waals surface area contributed by atoms with Crippen LogP contribution in [0.2, 0.25) is 0 Å². The van der Waals surface area contributed by atoms with Crippen molar-refractivity contribution in [3.63, 3.8) is 0 Å². The zero-order chi connectivity index (χ0) is 34.9. The molecule has 0 unspecified atom stereocenters. The normalized spacial score (nSPS) is 11.8. The number of fused-ring (bicyclic) bond motifs is 7. The van der Waals surface area contributed by atoms with Gasteiger partial charge in [0, 0.05) is 38.2 Å². The van der Waals surface area contributed by atoms with Gasteiger partial charge >= 0.3 is 0 Å². The van der Waals surface area contributed by atoms with Crippen molar-refractivity contribution in [1.29, 1.82) is 0 Å². The van der Waals surface area contributed by atoms with E-state index in [0.29, 0.717) is 0 Å². The molecule has 0 fully saturated rings. The van der Waals surface area contributed by atoms with Crippen LogP contribution in [0.3, 0.4) is 0 Å². The van der Waals surface area contributed by atoms with Gasteiger partial charge in [-0.25, -0.2) is 9.97 Å². The summed E-state index contributed by atoms with van der Waals surface area (Å²) in [6, 6.07) is 67.2. The average molecular weight is 674 g/mol. The summed E-state index contributed by atoms with van der Waals surface area (Å²) in [5.41, 5.74) is 16.6. The fourth-order valence-electron chi connectivity index (χ4n) is 8.22. The molecule has 53 heavy (non-hydrogen) atoms. The van der Waals surface area contributed by atoms with Gasteiger partial charge in [0.25, 0.3) is 0 Å². The van der Waals surface area contributed by atoms with Gasteiger partial charge in [0.2, 0.25) is 0 Å². The van der Waals surface area contributed by atoms with E-state index in [1.165, 1.54) is 65.9 Å². The van der Waals surface area contributed by atoms with Crippen molar-refractivity contribution < 1.29 is 0 Å². The van der Waals surface area contributed by atoms with E-state index < -0.39 is 0 Å². The predicted octanol–water partition coefficient (Wildman–Crippen LogP) is 13.1. The molecule has 0 spiro atoms. The molecule has 0 aliphatic rings. The van der Waals surface area contributed by atoms with Crippen LogP contribution in [0.25, 0.3) is 105 Å². The SMILES string of the molecule is c1ccc(-c2ccc(-c3cccc4c5cccc6c7ccc(-c8ccc(-c9nc%10ccccc%10nc9-c9ccccc9)cc8)cc7n(c34)c65)cc2)cc1. The summed E-state index contributed by atoms with van der Waals surface area (Å²) in [6.07, 6.45) is 0. The highest BCUT2D eigenvalue weighted by molar-refractivity contribution is 6.25. The van der Waals surface area contributed by atoms with Crippen LogP contribution in [0.4, 0.5) is 0 Å². The second-order valence-electron chi connectivity index (χ2n) is 13.8. The topological polar surface area (TPSA) is 30.2 Å². The van der Waals surface area contributed by atoms with E-state index in [2.05, 4.69) is 162 Å². The number of hydrogen-bond acceptors (Lipinski definition) is 2. The van der Waals surface area contributed by atoms with E-state index in [0.717, 1.165) is 39.1 Å². The number of benzene rings is 8. The highest BCUT2D eigenvalue weighted by atomic mass is 14.9. The summed E-state index contributed by atoms with van der Waals surface area (Å²) in [5.74, 6) is 0. The molecule has 0 N–H and O–H groups in total. The third-order valence-corrected chi connectivity index (χ3v) is 10.8. The van der Waals surface area contributed by atoms with E-state index >= 15 is 0 Å². The molecule has 0 saturated carbocycles. The van der Waals surface area contributed by atoms with E-state index in [9.17, 15) is 0 Å². The van der Waals surface area contributed by atoms with Crippen molar-refractivity contribution in [1.82, 2.24) is 14.4 Å². The van der Waals surface area contributed by atoms with Gasteiger partial charge in [-0.3, -0.25) is 0 Å². The van der Waals surface area contributed by atoms with Crippen molar-refractivity contribution >= 4 is 49.1 Å². The fourth-order valence-corrected chi connectivity index (χ4v) is 8.22. The van der Waals surface area contributed by atoms with Crippen LogP contribution < -0.4 is 0 Å². The summed E-state index contributed by atoms with van der Waals surface area (Å²) >= 11 is 0. The van der Waals surface area contributed by atoms with Crippen LogP contribution >= 0.6 is 0 Å². The van der Waals surface area contributed by atoms with Gasteiger partial charge in [-0.1, -0.05) is 170 Å². The molecule has 0 atom stereocenters. The minimum Gasteiger partial charge on any atom is -0.307 e. The lowest BCUT2D eigenvalue weighted by Crippen LogP contribution is -1.95. The number of rotatable bonds is 5. The van der Waals surface area contributed by atoms with Crippen molar-refractivity contribution in [3.05, 3.63) is 188 Å². The van der Waals surface area contributed by atoms with Gasteiger partial charge in [0.15, 0.2) is 0 Å². The number of para-hydroxylation sites is 4. The maximum atomic E-state index is 5.13. The van der Waals surface area contributed by atoms with Crippen LogP contribution in [0.1, 0.15) is 0 Å². The first-order valence-electron chi connectivity index (χ1n) is 18.1. The summed E-state index contributed by atoms with van der Waals surface area (Å²) in [7, 11) is 0. The van der Waals surface area contributed by atoms with Gasteiger partial charge in [-0.2, -0.15) is 0 Å². The zero-order valence-electron chi connectivity index (χ0n) is 28.7. The quantitative estimate of drug-likeness (QED) is 0.182. The third-order valence-electron chi connectivity index (χ3n) is 10.8. The smallest absolute Gasteiger partial charge is 0.0973 e. The molecule has 0 radical (unpaired) electrons. The van der Waals surface area contributed by atoms with Crippen molar-refractivity contribution in [2.45, 2.75) is 0 Å². The highest BCUT2D eigenvalue weighted by Crippen LogP contribution is 2.43. The molecule has 11 aromatic rings. The third kappa shape index (κ3) is 4.68. The Morgan fingerprint density at radius 1 is 0.302 bits per heavy atom. The van der Waals surface area contributed by atoms with Crippen molar-refractivity contribution in [3.8, 4) is 55.9 Å². The Hall–Kier alpha value is -7.10. The predicted molar refractivity (Wildman–Crippen MR) is 221 cm³/mol. The lowest BCUT2D eigenvalue weighted by atomic mass is 9.97. The Bertz CT molecular complexity index is 3120. The Morgan fingerprint density at radius 2 is 0.755 bits per heavy atom. The first-order chi connectivity index (χ1) is 26.3.